The Morgan fingerprint density at radius 3 is 2.00 bits per heavy atom. The summed E-state index contributed by atoms with van der Waals surface area (Å²) in [6.07, 6.45) is 1.16. The molecule has 0 heterocycles. The van der Waals surface area contributed by atoms with Crippen LogP contribution in [-0.2, 0) is 32.6 Å². The van der Waals surface area contributed by atoms with Crippen molar-refractivity contribution >= 4 is 73.9 Å². The Morgan fingerprint density at radius 1 is 0.854 bits per heavy atom. The highest BCUT2D eigenvalue weighted by molar-refractivity contribution is 7.92. The Balaban J connectivity index is 2.11. The van der Waals surface area contributed by atoms with Gasteiger partial charge in [0.25, 0.3) is 0 Å². The predicted molar refractivity (Wildman–Crippen MR) is 167 cm³/mol. The summed E-state index contributed by atoms with van der Waals surface area (Å²) in [7, 11) is -3.97. The van der Waals surface area contributed by atoms with E-state index in [-0.39, 0.29) is 33.7 Å². The van der Waals surface area contributed by atoms with Crippen molar-refractivity contribution in [2.75, 3.05) is 17.1 Å². The van der Waals surface area contributed by atoms with Gasteiger partial charge in [0.2, 0.25) is 21.8 Å². The van der Waals surface area contributed by atoms with Gasteiger partial charge < -0.3 is 10.2 Å². The van der Waals surface area contributed by atoms with Crippen molar-refractivity contribution in [1.82, 2.24) is 10.2 Å². The van der Waals surface area contributed by atoms with Gasteiger partial charge in [0.05, 0.1) is 22.0 Å². The first-order valence-electron chi connectivity index (χ1n) is 12.6. The van der Waals surface area contributed by atoms with Gasteiger partial charge in [-0.2, -0.15) is 0 Å². The molecule has 0 aliphatic heterocycles. The Hall–Kier alpha value is -2.49. The largest absolute Gasteiger partial charge is 0.350 e. The van der Waals surface area contributed by atoms with Gasteiger partial charge in [-0.15, -0.1) is 0 Å². The fraction of sp³-hybridized carbons (Fsp3) is 0.310. The van der Waals surface area contributed by atoms with Crippen LogP contribution in [0.4, 0.5) is 5.69 Å². The number of sulfonamides is 1. The van der Waals surface area contributed by atoms with E-state index < -0.39 is 40.0 Å². The van der Waals surface area contributed by atoms with Gasteiger partial charge in [0.1, 0.15) is 12.6 Å². The predicted octanol–water partition coefficient (Wildman–Crippen LogP) is 6.62. The zero-order chi connectivity index (χ0) is 30.5. The lowest BCUT2D eigenvalue weighted by atomic mass is 10.0. The average molecular weight is 659 g/mol. The first kappa shape index (κ1) is 33.0. The third-order valence-electron chi connectivity index (χ3n) is 5.92. The molecule has 2 amide bonds. The van der Waals surface area contributed by atoms with Crippen LogP contribution in [-0.4, -0.2) is 49.5 Å². The highest BCUT2D eigenvalue weighted by atomic mass is 35.5. The van der Waals surface area contributed by atoms with Crippen molar-refractivity contribution in [3.63, 3.8) is 0 Å². The molecule has 0 fully saturated rings. The van der Waals surface area contributed by atoms with E-state index in [0.717, 1.165) is 16.1 Å². The van der Waals surface area contributed by atoms with E-state index in [9.17, 15) is 18.0 Å². The lowest BCUT2D eigenvalue weighted by Crippen LogP contribution is -2.56. The molecule has 0 aliphatic carbocycles. The Morgan fingerprint density at radius 2 is 1.46 bits per heavy atom. The number of hydrogen-bond donors (Lipinski definition) is 1. The van der Waals surface area contributed by atoms with Crippen LogP contribution in [0.3, 0.4) is 0 Å². The molecule has 41 heavy (non-hydrogen) atoms. The number of nitrogens with zero attached hydrogens (tertiary/aromatic N) is 2. The molecule has 0 aromatic heterocycles. The topological polar surface area (TPSA) is 86.8 Å². The van der Waals surface area contributed by atoms with Crippen LogP contribution in [0, 0.1) is 0 Å². The second-order valence-electron chi connectivity index (χ2n) is 10.6. The molecule has 0 radical (unpaired) electrons. The van der Waals surface area contributed by atoms with Crippen LogP contribution in [0.25, 0.3) is 0 Å². The molecule has 0 aliphatic rings. The molecule has 1 N–H and O–H groups in total. The average Bonchev–Trinajstić information content (AvgIpc) is 2.85. The Bertz CT molecular complexity index is 1490. The second-order valence-corrected chi connectivity index (χ2v) is 14.2. The van der Waals surface area contributed by atoms with Crippen molar-refractivity contribution in [1.29, 1.82) is 0 Å². The minimum atomic E-state index is -3.97. The lowest BCUT2D eigenvalue weighted by Gasteiger charge is -2.35. The summed E-state index contributed by atoms with van der Waals surface area (Å²) in [5.41, 5.74) is 0.938. The van der Waals surface area contributed by atoms with Crippen LogP contribution >= 0.6 is 46.4 Å². The van der Waals surface area contributed by atoms with Gasteiger partial charge in [0.15, 0.2) is 0 Å². The van der Waals surface area contributed by atoms with Gasteiger partial charge in [-0.3, -0.25) is 13.9 Å². The molecule has 7 nitrogen and oxygen atoms in total. The number of carbonyl (C=O) groups is 2. The molecular formula is C29H31Cl4N3O4S. The minimum Gasteiger partial charge on any atom is -0.350 e. The quantitative estimate of drug-likeness (QED) is 0.265. The number of carbonyl (C=O) groups excluding carboxylic acids is 2. The highest BCUT2D eigenvalue weighted by Gasteiger charge is 2.34. The molecule has 0 saturated heterocycles. The van der Waals surface area contributed by atoms with Crippen molar-refractivity contribution in [3.8, 4) is 0 Å². The van der Waals surface area contributed by atoms with Gasteiger partial charge in [-0.05, 0) is 62.2 Å². The number of anilines is 1. The van der Waals surface area contributed by atoms with E-state index in [0.29, 0.717) is 10.6 Å². The fourth-order valence-corrected chi connectivity index (χ4v) is 5.81. The van der Waals surface area contributed by atoms with E-state index >= 15 is 0 Å². The van der Waals surface area contributed by atoms with E-state index in [1.54, 1.807) is 18.2 Å². The van der Waals surface area contributed by atoms with Gasteiger partial charge in [-0.1, -0.05) is 82.8 Å². The first-order valence-corrected chi connectivity index (χ1v) is 15.9. The molecule has 3 aromatic carbocycles. The molecular weight excluding hydrogens is 628 g/mol. The maximum atomic E-state index is 14.1. The van der Waals surface area contributed by atoms with E-state index in [1.165, 1.54) is 23.1 Å². The summed E-state index contributed by atoms with van der Waals surface area (Å²) in [5, 5.41) is 3.98. The molecule has 1 atom stereocenters. The maximum absolute atomic E-state index is 14.1. The summed E-state index contributed by atoms with van der Waals surface area (Å²) >= 11 is 24.7. The van der Waals surface area contributed by atoms with Crippen LogP contribution in [0.2, 0.25) is 20.1 Å². The second kappa shape index (κ2) is 13.7. The van der Waals surface area contributed by atoms with E-state index in [1.807, 2.05) is 51.1 Å². The Kier molecular flexibility index (Phi) is 11.0. The molecule has 0 bridgehead atoms. The third kappa shape index (κ3) is 9.79. The van der Waals surface area contributed by atoms with E-state index in [4.69, 9.17) is 46.4 Å². The smallest absolute Gasteiger partial charge is 0.244 e. The van der Waals surface area contributed by atoms with Crippen LogP contribution < -0.4 is 9.62 Å². The monoisotopic (exact) mass is 657 g/mol. The molecule has 0 spiro atoms. The number of hydrogen-bond acceptors (Lipinski definition) is 4. The van der Waals surface area contributed by atoms with E-state index in [2.05, 4.69) is 5.32 Å². The normalized spacial score (nSPS) is 12.5. The van der Waals surface area contributed by atoms with Crippen molar-refractivity contribution in [2.24, 2.45) is 0 Å². The number of amides is 2. The van der Waals surface area contributed by atoms with Crippen LogP contribution in [0.5, 0.6) is 0 Å². The zero-order valence-electron chi connectivity index (χ0n) is 23.0. The van der Waals surface area contributed by atoms with Crippen molar-refractivity contribution in [3.05, 3.63) is 97.9 Å². The summed E-state index contributed by atoms with van der Waals surface area (Å²) in [6, 6.07) is 17.4. The number of rotatable bonds is 10. The van der Waals surface area contributed by atoms with Gasteiger partial charge in [-0.25, -0.2) is 8.42 Å². The number of nitrogens with one attached hydrogen (secondary N) is 1. The summed E-state index contributed by atoms with van der Waals surface area (Å²) in [6.45, 7) is 4.86. The molecule has 220 valence electrons. The van der Waals surface area contributed by atoms with Crippen molar-refractivity contribution < 1.29 is 18.0 Å². The summed E-state index contributed by atoms with van der Waals surface area (Å²) in [4.78, 5) is 29.2. The zero-order valence-corrected chi connectivity index (χ0v) is 26.8. The molecule has 0 unspecified atom stereocenters. The maximum Gasteiger partial charge on any atom is 0.244 e. The number of halogens is 4. The number of benzene rings is 3. The molecule has 12 heteroatoms. The third-order valence-corrected chi connectivity index (χ3v) is 8.24. The van der Waals surface area contributed by atoms with Gasteiger partial charge >= 0.3 is 0 Å². The summed E-state index contributed by atoms with van der Waals surface area (Å²) < 4.78 is 26.7. The molecule has 3 rings (SSSR count). The molecule has 3 aromatic rings. The summed E-state index contributed by atoms with van der Waals surface area (Å²) in [5.74, 6) is -1.02. The minimum absolute atomic E-state index is 0.0430. The van der Waals surface area contributed by atoms with Crippen LogP contribution in [0.1, 0.15) is 31.9 Å². The standard InChI is InChI=1S/C29H31Cl4N3O4S/c1-29(2,3)34-28(38)26(13-19-8-6-5-7-9-19)35(17-20-10-11-24(32)25(33)12-20)27(37)18-36(41(4,39)40)23-15-21(30)14-22(31)16-23/h5-12,14-16,26H,13,17-18H2,1-4H3,(H,34,38)/t26-/m0/s1. The van der Waals surface area contributed by atoms with Crippen molar-refractivity contribution in [2.45, 2.75) is 45.3 Å². The first-order chi connectivity index (χ1) is 19.0. The lowest BCUT2D eigenvalue weighted by molar-refractivity contribution is -0.140. The Labute approximate surface area is 261 Å². The highest BCUT2D eigenvalue weighted by Crippen LogP contribution is 2.28. The van der Waals surface area contributed by atoms with Crippen LogP contribution in [0.15, 0.2) is 66.7 Å². The fourth-order valence-electron chi connectivity index (χ4n) is 4.14. The SMILES string of the molecule is CC(C)(C)NC(=O)[C@H](Cc1ccccc1)N(Cc1ccc(Cl)c(Cl)c1)C(=O)CN(c1cc(Cl)cc(Cl)c1)S(C)(=O)=O. The molecule has 0 saturated carbocycles. The van der Waals surface area contributed by atoms with Gasteiger partial charge in [0, 0.05) is 28.5 Å².